The SMILES string of the molecule is CC1Cc2cccc(-c3cc(C(=O)O)no3)c2O1. The van der Waals surface area contributed by atoms with Gasteiger partial charge in [0, 0.05) is 12.5 Å². The minimum Gasteiger partial charge on any atom is -0.489 e. The molecule has 0 amide bonds. The lowest BCUT2D eigenvalue weighted by atomic mass is 10.1. The Balaban J connectivity index is 2.07. The van der Waals surface area contributed by atoms with Gasteiger partial charge in [-0.2, -0.15) is 0 Å². The fraction of sp³-hybridized carbons (Fsp3) is 0.231. The quantitative estimate of drug-likeness (QED) is 0.879. The van der Waals surface area contributed by atoms with E-state index in [1.165, 1.54) is 6.07 Å². The molecule has 1 unspecified atom stereocenters. The van der Waals surface area contributed by atoms with Gasteiger partial charge in [-0.25, -0.2) is 4.79 Å². The lowest BCUT2D eigenvalue weighted by molar-refractivity contribution is 0.0686. The van der Waals surface area contributed by atoms with Gasteiger partial charge in [0.25, 0.3) is 0 Å². The number of nitrogens with zero attached hydrogens (tertiary/aromatic N) is 1. The molecule has 1 aliphatic rings. The van der Waals surface area contributed by atoms with E-state index in [1.54, 1.807) is 0 Å². The molecule has 0 bridgehead atoms. The monoisotopic (exact) mass is 245 g/mol. The Morgan fingerprint density at radius 1 is 1.50 bits per heavy atom. The van der Waals surface area contributed by atoms with Crippen molar-refractivity contribution in [3.63, 3.8) is 0 Å². The molecule has 5 nitrogen and oxygen atoms in total. The van der Waals surface area contributed by atoms with Gasteiger partial charge in [-0.1, -0.05) is 17.3 Å². The summed E-state index contributed by atoms with van der Waals surface area (Å²) < 4.78 is 10.8. The van der Waals surface area contributed by atoms with E-state index in [0.717, 1.165) is 23.3 Å². The molecule has 0 spiro atoms. The second-order valence-corrected chi connectivity index (χ2v) is 4.31. The lowest BCUT2D eigenvalue weighted by Crippen LogP contribution is -2.05. The zero-order chi connectivity index (χ0) is 12.7. The second kappa shape index (κ2) is 3.87. The highest BCUT2D eigenvalue weighted by Crippen LogP contribution is 2.38. The van der Waals surface area contributed by atoms with Gasteiger partial charge in [-0.3, -0.25) is 0 Å². The smallest absolute Gasteiger partial charge is 0.358 e. The predicted molar refractivity (Wildman–Crippen MR) is 62.7 cm³/mol. The van der Waals surface area contributed by atoms with Gasteiger partial charge in [0.05, 0.1) is 5.56 Å². The highest BCUT2D eigenvalue weighted by Gasteiger charge is 2.24. The van der Waals surface area contributed by atoms with Gasteiger partial charge in [0.15, 0.2) is 11.5 Å². The number of rotatable bonds is 2. The molecule has 1 N–H and O–H groups in total. The number of carboxylic acid groups (broad SMARTS) is 1. The number of aromatic nitrogens is 1. The summed E-state index contributed by atoms with van der Waals surface area (Å²) in [7, 11) is 0. The molecular formula is C13H11NO4. The average Bonchev–Trinajstić information content (AvgIpc) is 2.92. The number of aromatic carboxylic acids is 1. The van der Waals surface area contributed by atoms with Crippen LogP contribution in [0.1, 0.15) is 23.0 Å². The molecule has 92 valence electrons. The number of carboxylic acids is 1. The van der Waals surface area contributed by atoms with E-state index in [0.29, 0.717) is 5.76 Å². The van der Waals surface area contributed by atoms with Crippen molar-refractivity contribution in [2.75, 3.05) is 0 Å². The molecule has 0 aliphatic carbocycles. The maximum atomic E-state index is 10.8. The lowest BCUT2D eigenvalue weighted by Gasteiger charge is -2.06. The van der Waals surface area contributed by atoms with Crippen LogP contribution in [0.25, 0.3) is 11.3 Å². The zero-order valence-corrected chi connectivity index (χ0v) is 9.71. The van der Waals surface area contributed by atoms with E-state index in [4.69, 9.17) is 14.4 Å². The number of fused-ring (bicyclic) bond motifs is 1. The molecule has 2 aromatic rings. The van der Waals surface area contributed by atoms with E-state index in [1.807, 2.05) is 25.1 Å². The first kappa shape index (κ1) is 10.8. The van der Waals surface area contributed by atoms with Crippen molar-refractivity contribution in [2.45, 2.75) is 19.4 Å². The van der Waals surface area contributed by atoms with Crippen LogP contribution in [0, 0.1) is 0 Å². The summed E-state index contributed by atoms with van der Waals surface area (Å²) in [6, 6.07) is 7.14. The first-order valence-corrected chi connectivity index (χ1v) is 5.64. The van der Waals surface area contributed by atoms with Crippen molar-refractivity contribution < 1.29 is 19.2 Å². The van der Waals surface area contributed by atoms with E-state index in [2.05, 4.69) is 5.16 Å². The number of benzene rings is 1. The molecule has 18 heavy (non-hydrogen) atoms. The fourth-order valence-electron chi connectivity index (χ4n) is 2.13. The summed E-state index contributed by atoms with van der Waals surface area (Å²) in [5, 5.41) is 12.3. The molecule has 0 fully saturated rings. The molecule has 1 aliphatic heterocycles. The molecule has 1 atom stereocenters. The summed E-state index contributed by atoms with van der Waals surface area (Å²) in [5.74, 6) is 0.0725. The van der Waals surface area contributed by atoms with Crippen LogP contribution in [0.3, 0.4) is 0 Å². The predicted octanol–water partition coefficient (Wildman–Crippen LogP) is 2.36. The van der Waals surface area contributed by atoms with Crippen molar-refractivity contribution in [3.8, 4) is 17.1 Å². The van der Waals surface area contributed by atoms with Crippen LogP contribution in [0.15, 0.2) is 28.8 Å². The summed E-state index contributed by atoms with van der Waals surface area (Å²) in [6.45, 7) is 1.99. The second-order valence-electron chi connectivity index (χ2n) is 4.31. The molecule has 1 aromatic carbocycles. The largest absolute Gasteiger partial charge is 0.489 e. The molecule has 1 aromatic heterocycles. The topological polar surface area (TPSA) is 72.6 Å². The zero-order valence-electron chi connectivity index (χ0n) is 9.71. The van der Waals surface area contributed by atoms with E-state index in [9.17, 15) is 4.79 Å². The molecular weight excluding hydrogens is 234 g/mol. The first-order chi connectivity index (χ1) is 8.65. The van der Waals surface area contributed by atoms with Crippen LogP contribution in [0.5, 0.6) is 5.75 Å². The third-order valence-electron chi connectivity index (χ3n) is 2.92. The van der Waals surface area contributed by atoms with Crippen molar-refractivity contribution in [1.29, 1.82) is 0 Å². The third-order valence-corrected chi connectivity index (χ3v) is 2.92. The van der Waals surface area contributed by atoms with Gasteiger partial charge in [0.1, 0.15) is 11.9 Å². The Morgan fingerprint density at radius 2 is 2.33 bits per heavy atom. The number of hydrogen-bond donors (Lipinski definition) is 1. The minimum atomic E-state index is -1.10. The van der Waals surface area contributed by atoms with Gasteiger partial charge >= 0.3 is 5.97 Å². The highest BCUT2D eigenvalue weighted by atomic mass is 16.5. The number of carbonyl (C=O) groups is 1. The van der Waals surface area contributed by atoms with Gasteiger partial charge in [-0.05, 0) is 18.6 Å². The van der Waals surface area contributed by atoms with Crippen molar-refractivity contribution in [3.05, 3.63) is 35.5 Å². The van der Waals surface area contributed by atoms with Gasteiger partial charge in [0.2, 0.25) is 0 Å². The average molecular weight is 245 g/mol. The molecule has 5 heteroatoms. The Bertz CT molecular complexity index is 617. The van der Waals surface area contributed by atoms with E-state index >= 15 is 0 Å². The van der Waals surface area contributed by atoms with Crippen LogP contribution in [0.2, 0.25) is 0 Å². The Morgan fingerprint density at radius 3 is 3.06 bits per heavy atom. The van der Waals surface area contributed by atoms with Crippen LogP contribution in [-0.4, -0.2) is 22.3 Å². The summed E-state index contributed by atoms with van der Waals surface area (Å²) in [4.78, 5) is 10.8. The number of hydrogen-bond acceptors (Lipinski definition) is 4. The maximum absolute atomic E-state index is 10.8. The van der Waals surface area contributed by atoms with Crippen molar-refractivity contribution >= 4 is 5.97 Å². The highest BCUT2D eigenvalue weighted by molar-refractivity contribution is 5.87. The van der Waals surface area contributed by atoms with E-state index in [-0.39, 0.29) is 11.8 Å². The van der Waals surface area contributed by atoms with Gasteiger partial charge in [-0.15, -0.1) is 0 Å². The Labute approximate surface area is 103 Å². The standard InChI is InChI=1S/C13H11NO4/c1-7-5-8-3-2-4-9(12(8)17-7)11-6-10(13(15)16)14-18-11/h2-4,6-7H,5H2,1H3,(H,15,16). The summed E-state index contributed by atoms with van der Waals surface area (Å²) in [5.41, 5.74) is 1.75. The summed E-state index contributed by atoms with van der Waals surface area (Å²) in [6.07, 6.45) is 0.978. The Hall–Kier alpha value is -2.30. The van der Waals surface area contributed by atoms with Crippen molar-refractivity contribution in [1.82, 2.24) is 5.16 Å². The van der Waals surface area contributed by atoms with Crippen LogP contribution >= 0.6 is 0 Å². The number of para-hydroxylation sites is 1. The first-order valence-electron chi connectivity index (χ1n) is 5.64. The van der Waals surface area contributed by atoms with Crippen molar-refractivity contribution in [2.24, 2.45) is 0 Å². The molecule has 0 saturated heterocycles. The van der Waals surface area contributed by atoms with Gasteiger partial charge < -0.3 is 14.4 Å². The van der Waals surface area contributed by atoms with Crippen LogP contribution < -0.4 is 4.74 Å². The fourth-order valence-corrected chi connectivity index (χ4v) is 2.13. The molecule has 0 saturated carbocycles. The van der Waals surface area contributed by atoms with E-state index < -0.39 is 5.97 Å². The minimum absolute atomic E-state index is 0.103. The molecule has 2 heterocycles. The Kier molecular flexibility index (Phi) is 2.33. The molecule has 0 radical (unpaired) electrons. The number of ether oxygens (including phenoxy) is 1. The molecule has 3 rings (SSSR count). The maximum Gasteiger partial charge on any atom is 0.358 e. The van der Waals surface area contributed by atoms with Crippen LogP contribution in [0.4, 0.5) is 0 Å². The third kappa shape index (κ3) is 1.64. The van der Waals surface area contributed by atoms with Crippen LogP contribution in [-0.2, 0) is 6.42 Å². The summed E-state index contributed by atoms with van der Waals surface area (Å²) >= 11 is 0. The normalized spacial score (nSPS) is 17.3.